The Labute approximate surface area is 98.0 Å². The number of carbonyl (C=O) groups is 1. The summed E-state index contributed by atoms with van der Waals surface area (Å²) in [5.74, 6) is -0.311. The number of rotatable bonds is 2. The van der Waals surface area contributed by atoms with Crippen molar-refractivity contribution < 1.29 is 14.3 Å². The first kappa shape index (κ1) is 11.3. The smallest absolute Gasteiger partial charge is 0.350 e. The van der Waals surface area contributed by atoms with Crippen molar-refractivity contribution in [3.05, 3.63) is 10.6 Å². The minimum Gasteiger partial charge on any atom is -0.465 e. The first-order valence-electron chi connectivity index (χ1n) is 5.11. The van der Waals surface area contributed by atoms with E-state index in [2.05, 4.69) is 9.88 Å². The van der Waals surface area contributed by atoms with E-state index in [1.54, 1.807) is 0 Å². The van der Waals surface area contributed by atoms with Gasteiger partial charge >= 0.3 is 5.97 Å². The van der Waals surface area contributed by atoms with Crippen molar-refractivity contribution in [2.45, 2.75) is 6.92 Å². The maximum atomic E-state index is 11.4. The quantitative estimate of drug-likeness (QED) is 0.726. The summed E-state index contributed by atoms with van der Waals surface area (Å²) in [6, 6.07) is 0. The number of esters is 1. The molecule has 0 spiro atoms. The number of aryl methyl sites for hydroxylation is 1. The molecular weight excluding hydrogens is 228 g/mol. The molecule has 1 aliphatic rings. The zero-order valence-corrected chi connectivity index (χ0v) is 10.2. The molecule has 1 aromatic heterocycles. The molecule has 1 fully saturated rings. The Morgan fingerprint density at radius 2 is 2.19 bits per heavy atom. The van der Waals surface area contributed by atoms with E-state index in [1.807, 2.05) is 6.92 Å². The number of methoxy groups -OCH3 is 1. The predicted molar refractivity (Wildman–Crippen MR) is 61.2 cm³/mol. The molecule has 16 heavy (non-hydrogen) atoms. The lowest BCUT2D eigenvalue weighted by molar-refractivity contribution is 0.0605. The van der Waals surface area contributed by atoms with Crippen molar-refractivity contribution in [3.8, 4) is 0 Å². The number of ether oxygens (including phenoxy) is 2. The molecule has 1 saturated heterocycles. The molecule has 2 heterocycles. The topological polar surface area (TPSA) is 51.7 Å². The van der Waals surface area contributed by atoms with Gasteiger partial charge in [0.2, 0.25) is 0 Å². The van der Waals surface area contributed by atoms with Gasteiger partial charge in [0, 0.05) is 13.1 Å². The van der Waals surface area contributed by atoms with Gasteiger partial charge in [-0.15, -0.1) is 0 Å². The zero-order chi connectivity index (χ0) is 11.5. The van der Waals surface area contributed by atoms with Gasteiger partial charge < -0.3 is 14.4 Å². The van der Waals surface area contributed by atoms with Crippen LogP contribution >= 0.6 is 11.3 Å². The molecule has 0 amide bonds. The first-order chi connectivity index (χ1) is 7.72. The second-order valence-corrected chi connectivity index (χ2v) is 4.48. The van der Waals surface area contributed by atoms with Gasteiger partial charge in [0.1, 0.15) is 4.88 Å². The Bertz CT molecular complexity index is 385. The van der Waals surface area contributed by atoms with Gasteiger partial charge in [0.25, 0.3) is 0 Å². The van der Waals surface area contributed by atoms with Crippen molar-refractivity contribution in [3.63, 3.8) is 0 Å². The van der Waals surface area contributed by atoms with E-state index >= 15 is 0 Å². The maximum Gasteiger partial charge on any atom is 0.350 e. The average molecular weight is 242 g/mol. The number of thiazole rings is 1. The highest BCUT2D eigenvalue weighted by Crippen LogP contribution is 2.27. The van der Waals surface area contributed by atoms with Crippen molar-refractivity contribution in [1.82, 2.24) is 4.98 Å². The van der Waals surface area contributed by atoms with Crippen LogP contribution in [-0.2, 0) is 9.47 Å². The molecule has 0 atom stereocenters. The zero-order valence-electron chi connectivity index (χ0n) is 9.36. The Balaban J connectivity index is 2.19. The van der Waals surface area contributed by atoms with Gasteiger partial charge in [-0.2, -0.15) is 0 Å². The summed E-state index contributed by atoms with van der Waals surface area (Å²) in [6.45, 7) is 4.91. The number of hydrogen-bond donors (Lipinski definition) is 0. The molecule has 0 aromatic carbocycles. The molecular formula is C10H14N2O3S. The van der Waals surface area contributed by atoms with Crippen LogP contribution in [0.25, 0.3) is 0 Å². The van der Waals surface area contributed by atoms with Crippen molar-refractivity contribution in [1.29, 1.82) is 0 Å². The molecule has 88 valence electrons. The molecule has 1 aliphatic heterocycles. The molecule has 0 N–H and O–H groups in total. The number of morpholine rings is 1. The van der Waals surface area contributed by atoms with Crippen molar-refractivity contribution >= 4 is 22.4 Å². The molecule has 5 nitrogen and oxygen atoms in total. The van der Waals surface area contributed by atoms with Gasteiger partial charge in [-0.25, -0.2) is 9.78 Å². The van der Waals surface area contributed by atoms with Crippen LogP contribution in [0.2, 0.25) is 0 Å². The van der Waals surface area contributed by atoms with E-state index in [9.17, 15) is 4.79 Å². The highest BCUT2D eigenvalue weighted by molar-refractivity contribution is 7.17. The lowest BCUT2D eigenvalue weighted by atomic mass is 10.4. The fourth-order valence-corrected chi connectivity index (χ4v) is 2.59. The third-order valence-corrected chi connectivity index (χ3v) is 3.64. The average Bonchev–Trinajstić information content (AvgIpc) is 2.71. The number of anilines is 1. The molecule has 2 rings (SSSR count). The molecule has 1 aromatic rings. The number of aromatic nitrogens is 1. The predicted octanol–water partition coefficient (Wildman–Crippen LogP) is 1.07. The van der Waals surface area contributed by atoms with Crippen LogP contribution in [0.5, 0.6) is 0 Å². The summed E-state index contributed by atoms with van der Waals surface area (Å²) in [6.07, 6.45) is 0. The van der Waals surface area contributed by atoms with Crippen LogP contribution in [-0.4, -0.2) is 44.4 Å². The lowest BCUT2D eigenvalue weighted by Gasteiger charge is -2.25. The molecule has 0 bridgehead atoms. The highest BCUT2D eigenvalue weighted by atomic mass is 32.1. The summed E-state index contributed by atoms with van der Waals surface area (Å²) in [7, 11) is 1.38. The van der Waals surface area contributed by atoms with Crippen molar-refractivity contribution in [2.24, 2.45) is 0 Å². The Morgan fingerprint density at radius 3 is 2.81 bits per heavy atom. The van der Waals surface area contributed by atoms with Crippen LogP contribution in [0.3, 0.4) is 0 Å². The SMILES string of the molecule is COC(=O)c1sc(N2CCOCC2)nc1C. The molecule has 0 radical (unpaired) electrons. The van der Waals surface area contributed by atoms with E-state index in [1.165, 1.54) is 18.4 Å². The van der Waals surface area contributed by atoms with Gasteiger partial charge in [-0.1, -0.05) is 11.3 Å². The first-order valence-corrected chi connectivity index (χ1v) is 5.92. The van der Waals surface area contributed by atoms with Gasteiger partial charge in [0.15, 0.2) is 5.13 Å². The fraction of sp³-hybridized carbons (Fsp3) is 0.600. The van der Waals surface area contributed by atoms with Crippen LogP contribution in [0.1, 0.15) is 15.4 Å². The summed E-state index contributed by atoms with van der Waals surface area (Å²) < 4.78 is 9.98. The number of hydrogen-bond acceptors (Lipinski definition) is 6. The summed E-state index contributed by atoms with van der Waals surface area (Å²) in [5.41, 5.74) is 0.735. The number of carbonyl (C=O) groups excluding carboxylic acids is 1. The Hall–Kier alpha value is -1.14. The van der Waals surface area contributed by atoms with E-state index in [4.69, 9.17) is 9.47 Å². The minimum atomic E-state index is -0.311. The van der Waals surface area contributed by atoms with Crippen LogP contribution in [0.4, 0.5) is 5.13 Å². The monoisotopic (exact) mass is 242 g/mol. The Morgan fingerprint density at radius 1 is 1.50 bits per heavy atom. The third-order valence-electron chi connectivity index (χ3n) is 2.44. The Kier molecular flexibility index (Phi) is 3.40. The molecule has 0 aliphatic carbocycles. The second-order valence-electron chi connectivity index (χ2n) is 3.50. The van der Waals surface area contributed by atoms with E-state index < -0.39 is 0 Å². The summed E-state index contributed by atoms with van der Waals surface area (Å²) in [4.78, 5) is 18.5. The largest absolute Gasteiger partial charge is 0.465 e. The van der Waals surface area contributed by atoms with E-state index in [-0.39, 0.29) is 5.97 Å². The molecule has 0 saturated carbocycles. The minimum absolute atomic E-state index is 0.311. The maximum absolute atomic E-state index is 11.4. The van der Waals surface area contributed by atoms with Crippen LogP contribution < -0.4 is 4.90 Å². The standard InChI is InChI=1S/C10H14N2O3S/c1-7-8(9(13)14-2)16-10(11-7)12-3-5-15-6-4-12/h3-6H2,1-2H3. The van der Waals surface area contributed by atoms with Gasteiger partial charge in [-0.3, -0.25) is 0 Å². The highest BCUT2D eigenvalue weighted by Gasteiger charge is 2.20. The van der Waals surface area contributed by atoms with Crippen molar-refractivity contribution in [2.75, 3.05) is 38.3 Å². The van der Waals surface area contributed by atoms with Crippen LogP contribution in [0.15, 0.2) is 0 Å². The van der Waals surface area contributed by atoms with Gasteiger partial charge in [0.05, 0.1) is 26.0 Å². The number of nitrogens with zero attached hydrogens (tertiary/aromatic N) is 2. The third kappa shape index (κ3) is 2.17. The lowest BCUT2D eigenvalue weighted by Crippen LogP contribution is -2.36. The fourth-order valence-electron chi connectivity index (χ4n) is 1.55. The summed E-state index contributed by atoms with van der Waals surface area (Å²) in [5, 5.41) is 0.876. The molecule has 6 heteroatoms. The van der Waals surface area contributed by atoms with E-state index in [0.717, 1.165) is 23.9 Å². The molecule has 0 unspecified atom stereocenters. The van der Waals surface area contributed by atoms with Gasteiger partial charge in [-0.05, 0) is 6.92 Å². The summed E-state index contributed by atoms with van der Waals surface area (Å²) >= 11 is 1.38. The van der Waals surface area contributed by atoms with Crippen LogP contribution in [0, 0.1) is 6.92 Å². The van der Waals surface area contributed by atoms with E-state index in [0.29, 0.717) is 18.1 Å². The normalized spacial score (nSPS) is 16.2. The second kappa shape index (κ2) is 4.80.